The van der Waals surface area contributed by atoms with Gasteiger partial charge in [-0.1, -0.05) is 0 Å². The maximum Gasteiger partial charge on any atom is 0.332 e. The zero-order valence-electron chi connectivity index (χ0n) is 9.19. The molecule has 0 spiro atoms. The minimum Gasteiger partial charge on any atom is -0.479 e. The van der Waals surface area contributed by atoms with Crippen LogP contribution in [0.25, 0.3) is 0 Å². The molecule has 4 unspecified atom stereocenters. The summed E-state index contributed by atoms with van der Waals surface area (Å²) in [6, 6.07) is 0. The van der Waals surface area contributed by atoms with E-state index >= 15 is 0 Å². The van der Waals surface area contributed by atoms with Gasteiger partial charge in [0.05, 0.1) is 6.10 Å². The fourth-order valence-corrected chi connectivity index (χ4v) is 2.64. The van der Waals surface area contributed by atoms with Gasteiger partial charge in [-0.25, -0.2) is 4.79 Å². The highest BCUT2D eigenvalue weighted by Gasteiger charge is 2.34. The van der Waals surface area contributed by atoms with Crippen molar-refractivity contribution < 1.29 is 14.6 Å². The van der Waals surface area contributed by atoms with E-state index in [1.165, 1.54) is 19.4 Å². The van der Waals surface area contributed by atoms with Crippen molar-refractivity contribution in [2.24, 2.45) is 5.92 Å². The van der Waals surface area contributed by atoms with Crippen LogP contribution in [0.15, 0.2) is 0 Å². The first-order chi connectivity index (χ1) is 7.16. The van der Waals surface area contributed by atoms with Crippen LogP contribution in [0.3, 0.4) is 0 Å². The van der Waals surface area contributed by atoms with Crippen molar-refractivity contribution in [3.8, 4) is 0 Å². The van der Waals surface area contributed by atoms with E-state index in [-0.39, 0.29) is 6.10 Å². The van der Waals surface area contributed by atoms with E-state index in [0.717, 1.165) is 19.5 Å². The zero-order valence-corrected chi connectivity index (χ0v) is 9.19. The average molecular weight is 213 g/mol. The molecule has 2 aliphatic heterocycles. The largest absolute Gasteiger partial charge is 0.479 e. The normalized spacial score (nSPS) is 37.3. The highest BCUT2D eigenvalue weighted by molar-refractivity contribution is 5.71. The van der Waals surface area contributed by atoms with Gasteiger partial charge in [-0.15, -0.1) is 0 Å². The zero-order chi connectivity index (χ0) is 10.8. The number of hydrogen-bond donors (Lipinski definition) is 1. The number of fused-ring (bicyclic) bond motifs is 2. The van der Waals surface area contributed by atoms with Crippen LogP contribution in [-0.4, -0.2) is 47.8 Å². The molecular weight excluding hydrogens is 194 g/mol. The molecule has 86 valence electrons. The Morgan fingerprint density at radius 1 is 1.47 bits per heavy atom. The first-order valence-corrected chi connectivity index (χ1v) is 5.77. The third-order valence-corrected chi connectivity index (χ3v) is 3.52. The van der Waals surface area contributed by atoms with Gasteiger partial charge in [-0.05, 0) is 38.6 Å². The van der Waals surface area contributed by atoms with Gasteiger partial charge in [-0.3, -0.25) is 0 Å². The lowest BCUT2D eigenvalue weighted by Crippen LogP contribution is -2.49. The van der Waals surface area contributed by atoms with Gasteiger partial charge in [0, 0.05) is 13.1 Å². The molecule has 4 nitrogen and oxygen atoms in total. The van der Waals surface area contributed by atoms with Gasteiger partial charge < -0.3 is 14.7 Å². The van der Waals surface area contributed by atoms with Crippen molar-refractivity contribution in [1.82, 2.24) is 4.90 Å². The lowest BCUT2D eigenvalue weighted by Gasteiger charge is -2.42. The Hall–Kier alpha value is -0.610. The van der Waals surface area contributed by atoms with Crippen molar-refractivity contribution in [2.75, 3.05) is 19.6 Å². The van der Waals surface area contributed by atoms with E-state index in [1.54, 1.807) is 6.92 Å². The lowest BCUT2D eigenvalue weighted by atomic mass is 9.87. The molecule has 2 saturated heterocycles. The predicted octanol–water partition coefficient (Wildman–Crippen LogP) is 0.960. The highest BCUT2D eigenvalue weighted by atomic mass is 16.5. The van der Waals surface area contributed by atoms with Gasteiger partial charge in [0.25, 0.3) is 0 Å². The molecule has 0 aromatic rings. The molecule has 2 bridgehead atoms. The van der Waals surface area contributed by atoms with Gasteiger partial charge in [0.1, 0.15) is 0 Å². The summed E-state index contributed by atoms with van der Waals surface area (Å²) >= 11 is 0. The third-order valence-electron chi connectivity index (χ3n) is 3.52. The molecule has 0 radical (unpaired) electrons. The summed E-state index contributed by atoms with van der Waals surface area (Å²) in [7, 11) is 0. The number of ether oxygens (including phenoxy) is 1. The van der Waals surface area contributed by atoms with E-state index in [0.29, 0.717) is 5.92 Å². The topological polar surface area (TPSA) is 49.8 Å². The van der Waals surface area contributed by atoms with Crippen LogP contribution in [0.1, 0.15) is 26.2 Å². The molecule has 0 aliphatic carbocycles. The first kappa shape index (κ1) is 10.9. The highest BCUT2D eigenvalue weighted by Crippen LogP contribution is 2.29. The van der Waals surface area contributed by atoms with Gasteiger partial charge in [0.2, 0.25) is 0 Å². The minimum atomic E-state index is -0.853. The number of aliphatic carboxylic acids is 1. The van der Waals surface area contributed by atoms with Crippen molar-refractivity contribution in [3.63, 3.8) is 0 Å². The van der Waals surface area contributed by atoms with Crippen LogP contribution in [0.4, 0.5) is 0 Å². The summed E-state index contributed by atoms with van der Waals surface area (Å²) in [5.74, 6) is -0.303. The number of piperidine rings is 2. The van der Waals surface area contributed by atoms with Crippen LogP contribution < -0.4 is 0 Å². The van der Waals surface area contributed by atoms with Gasteiger partial charge in [0.15, 0.2) is 6.10 Å². The molecule has 2 aliphatic rings. The van der Waals surface area contributed by atoms with E-state index in [4.69, 9.17) is 9.84 Å². The molecule has 4 atom stereocenters. The summed E-state index contributed by atoms with van der Waals surface area (Å²) in [6.07, 6.45) is 2.90. The summed E-state index contributed by atoms with van der Waals surface area (Å²) in [5.41, 5.74) is 0. The second-order valence-corrected chi connectivity index (χ2v) is 4.65. The van der Waals surface area contributed by atoms with Crippen LogP contribution in [-0.2, 0) is 9.53 Å². The Labute approximate surface area is 90.2 Å². The number of carboxylic acids is 1. The molecule has 2 fully saturated rings. The number of carboxylic acid groups (broad SMARTS) is 1. The van der Waals surface area contributed by atoms with Crippen molar-refractivity contribution in [1.29, 1.82) is 0 Å². The number of nitrogens with zero attached hydrogens (tertiary/aromatic N) is 1. The fraction of sp³-hybridized carbons (Fsp3) is 0.909. The number of carbonyl (C=O) groups is 1. The Bertz CT molecular complexity index is 244. The van der Waals surface area contributed by atoms with E-state index in [9.17, 15) is 4.79 Å². The van der Waals surface area contributed by atoms with E-state index in [1.807, 2.05) is 0 Å². The van der Waals surface area contributed by atoms with Crippen molar-refractivity contribution >= 4 is 5.97 Å². The van der Waals surface area contributed by atoms with Crippen LogP contribution in [0, 0.1) is 5.92 Å². The lowest BCUT2D eigenvalue weighted by molar-refractivity contribution is -0.158. The Balaban J connectivity index is 1.89. The summed E-state index contributed by atoms with van der Waals surface area (Å²) in [4.78, 5) is 13.2. The second-order valence-electron chi connectivity index (χ2n) is 4.65. The minimum absolute atomic E-state index is 0.160. The molecule has 2 rings (SSSR count). The third kappa shape index (κ3) is 2.49. The van der Waals surface area contributed by atoms with E-state index in [2.05, 4.69) is 4.90 Å². The summed E-state index contributed by atoms with van der Waals surface area (Å²) < 4.78 is 5.61. The predicted molar refractivity (Wildman–Crippen MR) is 55.8 cm³/mol. The average Bonchev–Trinajstić information content (AvgIpc) is 2.22. The molecular formula is C11H19NO3. The maximum atomic E-state index is 10.7. The van der Waals surface area contributed by atoms with Gasteiger partial charge in [-0.2, -0.15) is 0 Å². The first-order valence-electron chi connectivity index (χ1n) is 5.77. The smallest absolute Gasteiger partial charge is 0.332 e. The van der Waals surface area contributed by atoms with Crippen LogP contribution >= 0.6 is 0 Å². The molecule has 0 amide bonds. The molecule has 4 heteroatoms. The maximum absolute atomic E-state index is 10.7. The monoisotopic (exact) mass is 213 g/mol. The van der Waals surface area contributed by atoms with Gasteiger partial charge >= 0.3 is 5.97 Å². The molecule has 15 heavy (non-hydrogen) atoms. The quantitative estimate of drug-likeness (QED) is 0.758. The number of hydrogen-bond acceptors (Lipinski definition) is 3. The molecule has 1 N–H and O–H groups in total. The van der Waals surface area contributed by atoms with Crippen molar-refractivity contribution in [3.05, 3.63) is 0 Å². The fourth-order valence-electron chi connectivity index (χ4n) is 2.64. The van der Waals surface area contributed by atoms with Crippen LogP contribution in [0.5, 0.6) is 0 Å². The Morgan fingerprint density at radius 3 is 3.00 bits per heavy atom. The van der Waals surface area contributed by atoms with E-state index < -0.39 is 12.1 Å². The Morgan fingerprint density at radius 2 is 2.27 bits per heavy atom. The molecule has 0 saturated carbocycles. The SMILES string of the molecule is CC(OC1CCN2CCCC1C2)C(=O)O. The summed E-state index contributed by atoms with van der Waals surface area (Å²) in [6.45, 7) is 4.99. The van der Waals surface area contributed by atoms with Crippen molar-refractivity contribution in [2.45, 2.75) is 38.4 Å². The molecule has 2 heterocycles. The second kappa shape index (κ2) is 4.49. The molecule has 0 aromatic heterocycles. The number of rotatable bonds is 3. The molecule has 0 aromatic carbocycles. The summed E-state index contributed by atoms with van der Waals surface area (Å²) in [5, 5.41) is 8.80. The Kier molecular flexibility index (Phi) is 3.26. The van der Waals surface area contributed by atoms with Crippen LogP contribution in [0.2, 0.25) is 0 Å². The standard InChI is InChI=1S/C11H19NO3/c1-8(11(13)14)15-10-4-6-12-5-2-3-9(10)7-12/h8-10H,2-7H2,1H3,(H,13,14).